The Hall–Kier alpha value is -2.17. The van der Waals surface area contributed by atoms with Crippen LogP contribution in [0.25, 0.3) is 10.9 Å². The lowest BCUT2D eigenvalue weighted by Gasteiger charge is -2.34. The predicted molar refractivity (Wildman–Crippen MR) is 131 cm³/mol. The van der Waals surface area contributed by atoms with Crippen LogP contribution in [0.4, 0.5) is 0 Å². The Balaban J connectivity index is 1.51. The minimum Gasteiger partial charge on any atom is -0.393 e. The third kappa shape index (κ3) is 3.78. The molecule has 2 aliphatic rings. The van der Waals surface area contributed by atoms with Crippen LogP contribution in [-0.4, -0.2) is 39.0 Å². The second-order valence-electron chi connectivity index (χ2n) is 10.3. The van der Waals surface area contributed by atoms with Crippen molar-refractivity contribution in [3.63, 3.8) is 0 Å². The molecule has 3 aromatic rings. The molecule has 3 atom stereocenters. The van der Waals surface area contributed by atoms with Gasteiger partial charge >= 0.3 is 0 Å². The maximum absolute atomic E-state index is 10.9. The van der Waals surface area contributed by atoms with Gasteiger partial charge in [0.25, 0.3) is 0 Å². The number of hydrogen-bond donors (Lipinski definition) is 1. The van der Waals surface area contributed by atoms with Crippen molar-refractivity contribution in [2.75, 3.05) is 13.1 Å². The topological polar surface area (TPSA) is 41.3 Å². The fourth-order valence-electron chi connectivity index (χ4n) is 6.12. The van der Waals surface area contributed by atoms with Crippen molar-refractivity contribution in [2.24, 2.45) is 5.41 Å². The summed E-state index contributed by atoms with van der Waals surface area (Å²) in [7, 11) is 0. The van der Waals surface area contributed by atoms with Gasteiger partial charge in [-0.2, -0.15) is 5.10 Å². The van der Waals surface area contributed by atoms with Gasteiger partial charge in [-0.3, -0.25) is 9.58 Å². The fourth-order valence-corrected chi connectivity index (χ4v) is 6.12. The smallest absolute Gasteiger partial charge is 0.0700 e. The fraction of sp³-hybridized carbons (Fsp3) is 0.536. The quantitative estimate of drug-likeness (QED) is 0.544. The van der Waals surface area contributed by atoms with Crippen molar-refractivity contribution in [1.82, 2.24) is 14.7 Å². The molecule has 32 heavy (non-hydrogen) atoms. The van der Waals surface area contributed by atoms with Crippen LogP contribution in [0.5, 0.6) is 0 Å². The number of aliphatic hydroxyl groups is 1. The van der Waals surface area contributed by atoms with Gasteiger partial charge in [-0.25, -0.2) is 0 Å². The first kappa shape index (κ1) is 21.7. The molecule has 2 heterocycles. The summed E-state index contributed by atoms with van der Waals surface area (Å²) in [6, 6.07) is 18.2. The van der Waals surface area contributed by atoms with E-state index >= 15 is 0 Å². The molecule has 1 N–H and O–H groups in total. The zero-order chi connectivity index (χ0) is 22.3. The van der Waals surface area contributed by atoms with E-state index in [4.69, 9.17) is 5.10 Å². The van der Waals surface area contributed by atoms with Gasteiger partial charge in [-0.05, 0) is 43.4 Å². The molecule has 0 spiro atoms. The number of benzene rings is 2. The Bertz CT molecular complexity index is 1070. The maximum atomic E-state index is 10.9. The average Bonchev–Trinajstić information content (AvgIpc) is 3.52. The number of aryl methyl sites for hydroxylation is 1. The van der Waals surface area contributed by atoms with Gasteiger partial charge in [0.1, 0.15) is 0 Å². The monoisotopic (exact) mass is 431 g/mol. The number of rotatable bonds is 6. The average molecular weight is 432 g/mol. The molecule has 4 heteroatoms. The van der Waals surface area contributed by atoms with E-state index in [-0.39, 0.29) is 11.5 Å². The van der Waals surface area contributed by atoms with Crippen LogP contribution < -0.4 is 0 Å². The lowest BCUT2D eigenvalue weighted by molar-refractivity contribution is 0.0475. The predicted octanol–water partition coefficient (Wildman–Crippen LogP) is 5.70. The van der Waals surface area contributed by atoms with E-state index < -0.39 is 0 Å². The van der Waals surface area contributed by atoms with Crippen LogP contribution in [0.2, 0.25) is 0 Å². The van der Waals surface area contributed by atoms with Gasteiger partial charge in [0.05, 0.1) is 23.4 Å². The molecule has 0 bridgehead atoms. The van der Waals surface area contributed by atoms with Crippen LogP contribution in [0.3, 0.4) is 0 Å². The molecule has 1 aliphatic carbocycles. The molecule has 4 nitrogen and oxygen atoms in total. The highest BCUT2D eigenvalue weighted by atomic mass is 16.3. The van der Waals surface area contributed by atoms with E-state index in [9.17, 15) is 5.11 Å². The van der Waals surface area contributed by atoms with Gasteiger partial charge in [0.15, 0.2) is 0 Å². The summed E-state index contributed by atoms with van der Waals surface area (Å²) in [5, 5.41) is 17.2. The molecule has 2 unspecified atom stereocenters. The van der Waals surface area contributed by atoms with Crippen molar-refractivity contribution in [2.45, 2.75) is 77.5 Å². The molecular weight excluding hydrogens is 394 g/mol. The summed E-state index contributed by atoms with van der Waals surface area (Å²) < 4.78 is 2.33. The molecule has 2 fully saturated rings. The Morgan fingerprint density at radius 3 is 2.56 bits per heavy atom. The first-order valence-corrected chi connectivity index (χ1v) is 12.4. The minimum absolute atomic E-state index is 0.172. The summed E-state index contributed by atoms with van der Waals surface area (Å²) in [5.74, 6) is 0.299. The summed E-state index contributed by atoms with van der Waals surface area (Å²) in [6.07, 6.45) is 5.70. The lowest BCUT2D eigenvalue weighted by Crippen LogP contribution is -2.37. The van der Waals surface area contributed by atoms with Gasteiger partial charge in [-0.15, -0.1) is 0 Å². The molecule has 1 aliphatic heterocycles. The molecular formula is C28H37N3O. The summed E-state index contributed by atoms with van der Waals surface area (Å²) in [5.41, 5.74) is 5.02. The van der Waals surface area contributed by atoms with Crippen molar-refractivity contribution < 1.29 is 5.11 Å². The van der Waals surface area contributed by atoms with Crippen molar-refractivity contribution in [3.8, 4) is 0 Å². The number of aromatic nitrogens is 2. The molecule has 5 rings (SSSR count). The second-order valence-corrected chi connectivity index (χ2v) is 10.3. The van der Waals surface area contributed by atoms with Crippen LogP contribution in [-0.2, 0) is 13.0 Å². The van der Waals surface area contributed by atoms with Crippen molar-refractivity contribution in [1.29, 1.82) is 0 Å². The van der Waals surface area contributed by atoms with E-state index in [1.165, 1.54) is 53.4 Å². The molecule has 170 valence electrons. The largest absolute Gasteiger partial charge is 0.393 e. The highest BCUT2D eigenvalue weighted by molar-refractivity contribution is 5.83. The van der Waals surface area contributed by atoms with Gasteiger partial charge in [-0.1, -0.05) is 69.2 Å². The molecule has 0 amide bonds. The highest BCUT2D eigenvalue weighted by Gasteiger charge is 2.46. The summed E-state index contributed by atoms with van der Waals surface area (Å²) >= 11 is 0. The first-order chi connectivity index (χ1) is 15.5. The number of aliphatic hydroxyl groups excluding tert-OH is 1. The standard InChI is InChI=1S/C28H37N3O/c1-4-26-24-15-14-22(16-27(24)31(29-26)23-12-8-9-13-23)25-18-30(19-28(25,3)20(2)32)17-21-10-6-5-7-11-21/h5-7,10-11,14-16,20,23,25,32H,4,8-9,12-13,17-19H2,1-3H3/t20?,25-,28?/m0/s1. The number of hydrogen-bond acceptors (Lipinski definition) is 3. The maximum Gasteiger partial charge on any atom is 0.0700 e. The summed E-state index contributed by atoms with van der Waals surface area (Å²) in [6.45, 7) is 9.25. The number of nitrogens with zero attached hydrogens (tertiary/aromatic N) is 3. The van der Waals surface area contributed by atoms with E-state index in [1.807, 2.05) is 6.92 Å². The zero-order valence-corrected chi connectivity index (χ0v) is 19.8. The minimum atomic E-state index is -0.366. The van der Waals surface area contributed by atoms with E-state index in [2.05, 4.69) is 72.0 Å². The van der Waals surface area contributed by atoms with Crippen molar-refractivity contribution >= 4 is 10.9 Å². The van der Waals surface area contributed by atoms with Crippen LogP contribution >= 0.6 is 0 Å². The lowest BCUT2D eigenvalue weighted by atomic mass is 9.72. The Labute approximate surface area is 192 Å². The molecule has 0 radical (unpaired) electrons. The van der Waals surface area contributed by atoms with Crippen LogP contribution in [0.1, 0.15) is 75.2 Å². The van der Waals surface area contributed by atoms with E-state index in [1.54, 1.807) is 0 Å². The van der Waals surface area contributed by atoms with Crippen LogP contribution in [0, 0.1) is 5.41 Å². The number of likely N-dealkylation sites (tertiary alicyclic amines) is 1. The van der Waals surface area contributed by atoms with E-state index in [0.29, 0.717) is 12.0 Å². The molecule has 1 aromatic heterocycles. The molecule has 2 aromatic carbocycles. The highest BCUT2D eigenvalue weighted by Crippen LogP contribution is 2.46. The second kappa shape index (κ2) is 8.64. The Morgan fingerprint density at radius 1 is 1.12 bits per heavy atom. The Morgan fingerprint density at radius 2 is 1.88 bits per heavy atom. The first-order valence-electron chi connectivity index (χ1n) is 12.4. The zero-order valence-electron chi connectivity index (χ0n) is 19.8. The SMILES string of the molecule is CCc1nn(C2CCCC2)c2cc([C@@H]3CN(Cc4ccccc4)CC3(C)C(C)O)ccc12. The van der Waals surface area contributed by atoms with E-state index in [0.717, 1.165) is 26.1 Å². The molecule has 1 saturated carbocycles. The van der Waals surface area contributed by atoms with Gasteiger partial charge in [0, 0.05) is 36.4 Å². The van der Waals surface area contributed by atoms with Gasteiger partial charge < -0.3 is 5.11 Å². The van der Waals surface area contributed by atoms with Crippen molar-refractivity contribution in [3.05, 3.63) is 65.4 Å². The number of fused-ring (bicyclic) bond motifs is 1. The Kier molecular flexibility index (Phi) is 5.85. The third-order valence-electron chi connectivity index (χ3n) is 8.22. The summed E-state index contributed by atoms with van der Waals surface area (Å²) in [4.78, 5) is 2.52. The third-order valence-corrected chi connectivity index (χ3v) is 8.22. The van der Waals surface area contributed by atoms with Gasteiger partial charge in [0.2, 0.25) is 0 Å². The molecule has 1 saturated heterocycles. The normalized spacial score (nSPS) is 25.7. The van der Waals surface area contributed by atoms with Crippen LogP contribution in [0.15, 0.2) is 48.5 Å².